The summed E-state index contributed by atoms with van der Waals surface area (Å²) < 4.78 is 43.9. The number of carboxylic acid groups (broad SMARTS) is 1. The first-order chi connectivity index (χ1) is 30.6. The molecule has 1 heterocycles. The van der Waals surface area contributed by atoms with Crippen LogP contribution in [0.2, 0.25) is 0 Å². The van der Waals surface area contributed by atoms with E-state index in [4.69, 9.17) is 19.4 Å². The number of imide groups is 1. The first-order valence-corrected chi connectivity index (χ1v) is 22.6. The fourth-order valence-electron chi connectivity index (χ4n) is 8.71. The molecule has 1 aliphatic rings. The molecule has 3 rings (SSSR count). The largest absolute Gasteiger partial charge is 0.490 e. The van der Waals surface area contributed by atoms with Gasteiger partial charge in [0.05, 0.1) is 48.7 Å². The molecule has 4 amide bonds. The number of nitrogens with one attached hydrogen (secondary N) is 3. The van der Waals surface area contributed by atoms with Gasteiger partial charge in [0, 0.05) is 26.8 Å². The van der Waals surface area contributed by atoms with Gasteiger partial charge >= 0.3 is 12.1 Å². The van der Waals surface area contributed by atoms with E-state index in [1.807, 2.05) is 87.9 Å². The minimum Gasteiger partial charge on any atom is -0.475 e. The van der Waals surface area contributed by atoms with E-state index >= 15 is 0 Å². The van der Waals surface area contributed by atoms with E-state index in [-0.39, 0.29) is 65.9 Å². The SMILES string of the molecule is CC[C@H](C)[C@@H]([C@@H](CC(=O)N1CCC[C@H]1[C@H](OC)[C@@H](C)C(=O)N[C@H](/C=C\Cc1ccccc1)Cc1ccccc1)OC)N(C)[C@H](C(=O)NC(=O)[C@@H](NC)C(C)C)C(C)C.O=C(O)C(F)(F)F. The fourth-order valence-corrected chi connectivity index (χ4v) is 8.71. The second-order valence-electron chi connectivity index (χ2n) is 17.6. The summed E-state index contributed by atoms with van der Waals surface area (Å²) in [4.78, 5) is 68.1. The molecule has 0 bridgehead atoms. The van der Waals surface area contributed by atoms with Crippen LogP contribution in [0.5, 0.6) is 0 Å². The van der Waals surface area contributed by atoms with E-state index in [1.165, 1.54) is 5.56 Å². The third-order valence-electron chi connectivity index (χ3n) is 12.2. The lowest BCUT2D eigenvalue weighted by Crippen LogP contribution is -2.60. The number of rotatable bonds is 23. The number of ether oxygens (including phenoxy) is 2. The van der Waals surface area contributed by atoms with Crippen molar-refractivity contribution >= 4 is 29.6 Å². The Balaban J connectivity index is 0.00000191. The molecule has 0 radical (unpaired) electrons. The van der Waals surface area contributed by atoms with E-state index in [1.54, 1.807) is 21.3 Å². The number of allylic oxidation sites excluding steroid dienone is 1. The Morgan fingerprint density at radius 1 is 0.877 bits per heavy atom. The van der Waals surface area contributed by atoms with Crippen molar-refractivity contribution in [3.8, 4) is 0 Å². The molecule has 0 saturated carbocycles. The zero-order chi connectivity index (χ0) is 49.0. The van der Waals surface area contributed by atoms with Crippen LogP contribution < -0.4 is 16.0 Å². The zero-order valence-corrected chi connectivity index (χ0v) is 40.1. The summed E-state index contributed by atoms with van der Waals surface area (Å²) in [5.74, 6) is -4.30. The number of carbonyl (C=O) groups is 5. The van der Waals surface area contributed by atoms with E-state index in [0.717, 1.165) is 24.8 Å². The maximum atomic E-state index is 14.4. The Morgan fingerprint density at radius 3 is 1.92 bits per heavy atom. The molecule has 364 valence electrons. The van der Waals surface area contributed by atoms with Crippen molar-refractivity contribution in [3.05, 3.63) is 83.9 Å². The van der Waals surface area contributed by atoms with E-state index in [2.05, 4.69) is 66.2 Å². The molecule has 9 atom stereocenters. The zero-order valence-electron chi connectivity index (χ0n) is 40.1. The molecule has 2 aromatic carbocycles. The van der Waals surface area contributed by atoms with Gasteiger partial charge in [0.15, 0.2) is 0 Å². The Hall–Kier alpha value is -4.64. The summed E-state index contributed by atoms with van der Waals surface area (Å²) in [6.45, 7) is 14.4. The second kappa shape index (κ2) is 27.7. The molecule has 0 aliphatic carbocycles. The summed E-state index contributed by atoms with van der Waals surface area (Å²) in [6, 6.07) is 18.4. The lowest BCUT2D eigenvalue weighted by atomic mass is 9.87. The number of amides is 4. The molecular weight excluding hydrogens is 844 g/mol. The number of carboxylic acids is 1. The summed E-state index contributed by atoms with van der Waals surface area (Å²) in [5, 5.41) is 16.1. The quantitative estimate of drug-likeness (QED) is 0.0911. The lowest BCUT2D eigenvalue weighted by molar-refractivity contribution is -0.192. The van der Waals surface area contributed by atoms with Crippen LogP contribution in [0.15, 0.2) is 72.8 Å². The summed E-state index contributed by atoms with van der Waals surface area (Å²) in [5.41, 5.74) is 2.32. The minimum absolute atomic E-state index is 0.00172. The van der Waals surface area contributed by atoms with Gasteiger partial charge < -0.3 is 30.1 Å². The molecule has 2 aromatic rings. The number of hydrogen-bond acceptors (Lipinski definition) is 9. The van der Waals surface area contributed by atoms with Gasteiger partial charge in [-0.3, -0.25) is 29.4 Å². The summed E-state index contributed by atoms with van der Waals surface area (Å²) in [6.07, 6.45) is 1.83. The number of nitrogens with zero attached hydrogens (tertiary/aromatic N) is 2. The second-order valence-corrected chi connectivity index (χ2v) is 17.6. The fraction of sp³-hybridized carbons (Fsp3) is 0.612. The van der Waals surface area contributed by atoms with Gasteiger partial charge in [-0.05, 0) is 68.7 Å². The van der Waals surface area contributed by atoms with Gasteiger partial charge in [-0.25, -0.2) is 4.79 Å². The number of likely N-dealkylation sites (N-methyl/N-ethyl adjacent to an activating group) is 2. The highest BCUT2D eigenvalue weighted by molar-refractivity contribution is 6.00. The molecule has 1 saturated heterocycles. The monoisotopic (exact) mass is 918 g/mol. The third kappa shape index (κ3) is 17.6. The maximum absolute atomic E-state index is 14.4. The van der Waals surface area contributed by atoms with E-state index in [0.29, 0.717) is 19.4 Å². The van der Waals surface area contributed by atoms with Crippen LogP contribution >= 0.6 is 0 Å². The van der Waals surface area contributed by atoms with Crippen LogP contribution in [0.25, 0.3) is 0 Å². The van der Waals surface area contributed by atoms with Gasteiger partial charge in [0.25, 0.3) is 0 Å². The van der Waals surface area contributed by atoms with Gasteiger partial charge in [-0.2, -0.15) is 13.2 Å². The predicted molar refractivity (Wildman–Crippen MR) is 246 cm³/mol. The van der Waals surface area contributed by atoms with Crippen LogP contribution in [0.3, 0.4) is 0 Å². The van der Waals surface area contributed by atoms with Gasteiger partial charge in [0.2, 0.25) is 23.6 Å². The highest BCUT2D eigenvalue weighted by Crippen LogP contribution is 2.30. The number of alkyl halides is 3. The van der Waals surface area contributed by atoms with Crippen molar-refractivity contribution in [2.75, 3.05) is 34.9 Å². The molecule has 1 fully saturated rings. The molecular formula is C49H74F3N5O8. The Bertz CT molecular complexity index is 1800. The van der Waals surface area contributed by atoms with Crippen LogP contribution in [0.1, 0.15) is 85.3 Å². The van der Waals surface area contributed by atoms with Crippen molar-refractivity contribution in [3.63, 3.8) is 0 Å². The average molecular weight is 918 g/mol. The van der Waals surface area contributed by atoms with Crippen LogP contribution in [0, 0.1) is 23.7 Å². The van der Waals surface area contributed by atoms with Crippen molar-refractivity contribution < 1.29 is 51.7 Å². The number of halogens is 3. The molecule has 13 nitrogen and oxygen atoms in total. The lowest BCUT2D eigenvalue weighted by Gasteiger charge is -2.43. The van der Waals surface area contributed by atoms with Crippen molar-refractivity contribution in [1.82, 2.24) is 25.8 Å². The molecule has 0 aromatic heterocycles. The molecule has 16 heteroatoms. The minimum atomic E-state index is -5.08. The Labute approximate surface area is 384 Å². The number of carbonyl (C=O) groups excluding carboxylic acids is 4. The normalized spacial score (nSPS) is 18.0. The number of methoxy groups -OCH3 is 2. The number of aliphatic carboxylic acids is 1. The van der Waals surface area contributed by atoms with Crippen LogP contribution in [-0.4, -0.2) is 128 Å². The smallest absolute Gasteiger partial charge is 0.475 e. The van der Waals surface area contributed by atoms with Crippen molar-refractivity contribution in [2.24, 2.45) is 23.7 Å². The predicted octanol–water partition coefficient (Wildman–Crippen LogP) is 6.45. The van der Waals surface area contributed by atoms with Crippen LogP contribution in [-0.2, 0) is 46.3 Å². The first kappa shape index (κ1) is 56.5. The van der Waals surface area contributed by atoms with Crippen LogP contribution in [0.4, 0.5) is 13.2 Å². The summed E-state index contributed by atoms with van der Waals surface area (Å²) >= 11 is 0. The highest BCUT2D eigenvalue weighted by atomic mass is 19.4. The Morgan fingerprint density at radius 2 is 1.45 bits per heavy atom. The van der Waals surface area contributed by atoms with Gasteiger partial charge in [0.1, 0.15) is 0 Å². The van der Waals surface area contributed by atoms with Gasteiger partial charge in [-0.15, -0.1) is 0 Å². The number of hydrogen-bond donors (Lipinski definition) is 4. The molecule has 0 unspecified atom stereocenters. The Kier molecular flexibility index (Phi) is 24.1. The number of benzene rings is 2. The van der Waals surface area contributed by atoms with Crippen molar-refractivity contribution in [2.45, 2.75) is 136 Å². The maximum Gasteiger partial charge on any atom is 0.490 e. The number of likely N-dealkylation sites (tertiary alicyclic amines) is 1. The van der Waals surface area contributed by atoms with Gasteiger partial charge in [-0.1, -0.05) is 128 Å². The highest BCUT2D eigenvalue weighted by Gasteiger charge is 2.44. The third-order valence-corrected chi connectivity index (χ3v) is 12.2. The van der Waals surface area contributed by atoms with E-state index in [9.17, 15) is 32.3 Å². The summed E-state index contributed by atoms with van der Waals surface area (Å²) in [7, 11) is 6.83. The topological polar surface area (TPSA) is 167 Å². The molecule has 1 aliphatic heterocycles. The van der Waals surface area contributed by atoms with Crippen molar-refractivity contribution in [1.29, 1.82) is 0 Å². The standard InChI is InChI=1S/C47H73N5O6.C2HF3O2/c1-12-33(6)43(51(9)42(32(4)5)47(56)50-46(55)41(48-8)31(2)3)39(57-10)30-40(53)52-28-20-27-38(52)44(58-11)34(7)45(54)49-37(29-36-23-17-14-18-24-36)26-19-25-35-21-15-13-16-22-35;3-2(4,5)1(6)7/h13-19,21-24,26,31-34,37-39,41-44,48H,12,20,25,27-30H2,1-11H3,(H,49,54)(H,50,55,56);(H,6,7)/b26-19-;/t33-,34+,37+,38-,39+,41-,42-,43-,44+;/m0./s1. The average Bonchev–Trinajstić information content (AvgIpc) is 3.74. The van der Waals surface area contributed by atoms with E-state index < -0.39 is 42.4 Å². The molecule has 4 N–H and O–H groups in total. The first-order valence-electron chi connectivity index (χ1n) is 22.6. The molecule has 65 heavy (non-hydrogen) atoms. The molecule has 0 spiro atoms.